The molecular formula is C17H20N2O3. The molecule has 3 N–H and O–H groups in total. The maximum Gasteiger partial charge on any atom is 0.329 e. The minimum atomic E-state index is -1.12. The number of hydrogen-bond acceptors (Lipinski definition) is 2. The van der Waals surface area contributed by atoms with Crippen molar-refractivity contribution in [3.8, 4) is 0 Å². The molecular weight excluding hydrogens is 280 g/mol. The molecule has 1 fully saturated rings. The Kier molecular flexibility index (Phi) is 3.64. The molecule has 2 aromatic rings. The molecule has 22 heavy (non-hydrogen) atoms. The Labute approximate surface area is 128 Å². The lowest BCUT2D eigenvalue weighted by molar-refractivity contribution is -0.145. The van der Waals surface area contributed by atoms with Crippen LogP contribution in [0.5, 0.6) is 0 Å². The zero-order valence-corrected chi connectivity index (χ0v) is 12.6. The highest BCUT2D eigenvalue weighted by Gasteiger charge is 2.41. The van der Waals surface area contributed by atoms with Crippen LogP contribution < -0.4 is 5.32 Å². The van der Waals surface area contributed by atoms with Crippen LogP contribution in [0, 0.1) is 6.92 Å². The second-order valence-electron chi connectivity index (χ2n) is 6.18. The van der Waals surface area contributed by atoms with E-state index < -0.39 is 11.5 Å². The van der Waals surface area contributed by atoms with Crippen molar-refractivity contribution in [3.63, 3.8) is 0 Å². The maximum absolute atomic E-state index is 12.5. The SMILES string of the molecule is Cc1ccc2cc(C(=O)NC3(C(=O)O)CCCCC3)[nH]c2c1. The van der Waals surface area contributed by atoms with Gasteiger partial charge in [-0.15, -0.1) is 0 Å². The van der Waals surface area contributed by atoms with Gasteiger partial charge in [-0.3, -0.25) is 4.79 Å². The highest BCUT2D eigenvalue weighted by molar-refractivity contribution is 6.00. The summed E-state index contributed by atoms with van der Waals surface area (Å²) >= 11 is 0. The number of carbonyl (C=O) groups is 2. The Balaban J connectivity index is 1.86. The van der Waals surface area contributed by atoms with Crippen molar-refractivity contribution in [3.05, 3.63) is 35.5 Å². The Morgan fingerprint density at radius 3 is 2.59 bits per heavy atom. The minimum absolute atomic E-state index is 0.349. The predicted molar refractivity (Wildman–Crippen MR) is 84.0 cm³/mol. The van der Waals surface area contributed by atoms with Crippen molar-refractivity contribution in [1.29, 1.82) is 0 Å². The first-order valence-electron chi connectivity index (χ1n) is 7.65. The molecule has 0 bridgehead atoms. The van der Waals surface area contributed by atoms with Gasteiger partial charge in [-0.1, -0.05) is 31.4 Å². The molecule has 1 saturated carbocycles. The van der Waals surface area contributed by atoms with E-state index in [9.17, 15) is 14.7 Å². The van der Waals surface area contributed by atoms with Gasteiger partial charge in [-0.2, -0.15) is 0 Å². The second kappa shape index (κ2) is 5.48. The van der Waals surface area contributed by atoms with Crippen molar-refractivity contribution in [2.24, 2.45) is 0 Å². The lowest BCUT2D eigenvalue weighted by Crippen LogP contribution is -2.55. The molecule has 1 aliphatic rings. The number of aromatic amines is 1. The quantitative estimate of drug-likeness (QED) is 0.815. The van der Waals surface area contributed by atoms with Gasteiger partial charge in [0.1, 0.15) is 11.2 Å². The monoisotopic (exact) mass is 300 g/mol. The number of benzene rings is 1. The molecule has 5 heteroatoms. The van der Waals surface area contributed by atoms with Crippen molar-refractivity contribution in [1.82, 2.24) is 10.3 Å². The number of nitrogens with one attached hydrogen (secondary N) is 2. The number of aryl methyl sites for hydroxylation is 1. The van der Waals surface area contributed by atoms with Crippen molar-refractivity contribution in [2.75, 3.05) is 0 Å². The van der Waals surface area contributed by atoms with E-state index in [1.807, 2.05) is 25.1 Å². The largest absolute Gasteiger partial charge is 0.480 e. The van der Waals surface area contributed by atoms with Crippen LogP contribution in [0.4, 0.5) is 0 Å². The maximum atomic E-state index is 12.5. The first-order chi connectivity index (χ1) is 10.5. The number of aliphatic carboxylic acids is 1. The summed E-state index contributed by atoms with van der Waals surface area (Å²) in [7, 11) is 0. The molecule has 0 spiro atoms. The van der Waals surface area contributed by atoms with Crippen LogP contribution in [-0.4, -0.2) is 27.5 Å². The van der Waals surface area contributed by atoms with Gasteiger partial charge in [0.05, 0.1) is 0 Å². The van der Waals surface area contributed by atoms with E-state index in [1.54, 1.807) is 6.07 Å². The lowest BCUT2D eigenvalue weighted by Gasteiger charge is -2.33. The number of fused-ring (bicyclic) bond motifs is 1. The number of aromatic nitrogens is 1. The second-order valence-corrected chi connectivity index (χ2v) is 6.18. The third-order valence-electron chi connectivity index (χ3n) is 4.49. The summed E-state index contributed by atoms with van der Waals surface area (Å²) in [6.45, 7) is 1.99. The molecule has 1 aromatic heterocycles. The van der Waals surface area contributed by atoms with E-state index in [-0.39, 0.29) is 5.91 Å². The van der Waals surface area contributed by atoms with Crippen molar-refractivity contribution in [2.45, 2.75) is 44.6 Å². The summed E-state index contributed by atoms with van der Waals surface area (Å²) in [5.41, 5.74) is 1.28. The third kappa shape index (κ3) is 2.58. The molecule has 1 heterocycles. The smallest absolute Gasteiger partial charge is 0.329 e. The van der Waals surface area contributed by atoms with E-state index in [2.05, 4.69) is 10.3 Å². The topological polar surface area (TPSA) is 82.2 Å². The fourth-order valence-corrected chi connectivity index (χ4v) is 3.20. The fraction of sp³-hybridized carbons (Fsp3) is 0.412. The number of rotatable bonds is 3. The first-order valence-corrected chi connectivity index (χ1v) is 7.65. The Morgan fingerprint density at radius 2 is 1.91 bits per heavy atom. The van der Waals surface area contributed by atoms with Gasteiger partial charge in [0, 0.05) is 10.9 Å². The van der Waals surface area contributed by atoms with E-state index >= 15 is 0 Å². The number of amides is 1. The standard InChI is InChI=1S/C17H20N2O3/c1-11-5-6-12-10-14(18-13(12)9-11)15(20)19-17(16(21)22)7-3-2-4-8-17/h5-6,9-10,18H,2-4,7-8H2,1H3,(H,19,20)(H,21,22). The first kappa shape index (κ1) is 14.6. The fourth-order valence-electron chi connectivity index (χ4n) is 3.20. The number of carboxylic acids is 1. The van der Waals surface area contributed by atoms with Crippen LogP contribution in [0.3, 0.4) is 0 Å². The van der Waals surface area contributed by atoms with Gasteiger partial charge in [0.25, 0.3) is 5.91 Å². The van der Waals surface area contributed by atoms with Crippen molar-refractivity contribution < 1.29 is 14.7 Å². The van der Waals surface area contributed by atoms with Crippen LogP contribution in [-0.2, 0) is 4.79 Å². The molecule has 1 aromatic carbocycles. The molecule has 0 atom stereocenters. The van der Waals surface area contributed by atoms with Gasteiger partial charge >= 0.3 is 5.97 Å². The molecule has 0 unspecified atom stereocenters. The van der Waals surface area contributed by atoms with Crippen molar-refractivity contribution >= 4 is 22.8 Å². The summed E-state index contributed by atoms with van der Waals surface area (Å²) in [5.74, 6) is -1.29. The summed E-state index contributed by atoms with van der Waals surface area (Å²) in [6.07, 6.45) is 3.67. The zero-order chi connectivity index (χ0) is 15.7. The molecule has 1 aliphatic carbocycles. The van der Waals surface area contributed by atoms with E-state index in [0.717, 1.165) is 35.7 Å². The zero-order valence-electron chi connectivity index (χ0n) is 12.6. The van der Waals surface area contributed by atoms with Gasteiger partial charge in [0.2, 0.25) is 0 Å². The average molecular weight is 300 g/mol. The summed E-state index contributed by atoms with van der Waals surface area (Å²) < 4.78 is 0. The Hall–Kier alpha value is -2.30. The molecule has 0 aliphatic heterocycles. The van der Waals surface area contributed by atoms with Crippen LogP contribution in [0.1, 0.15) is 48.2 Å². The van der Waals surface area contributed by atoms with Gasteiger partial charge in [-0.05, 0) is 37.5 Å². The van der Waals surface area contributed by atoms with E-state index in [4.69, 9.17) is 0 Å². The van der Waals surface area contributed by atoms with Gasteiger partial charge in [-0.25, -0.2) is 4.79 Å². The normalized spacial score (nSPS) is 17.3. The lowest BCUT2D eigenvalue weighted by atomic mass is 9.81. The van der Waals surface area contributed by atoms with Crippen LogP contribution >= 0.6 is 0 Å². The van der Waals surface area contributed by atoms with Crippen LogP contribution in [0.25, 0.3) is 10.9 Å². The van der Waals surface area contributed by atoms with Gasteiger partial charge in [0.15, 0.2) is 0 Å². The summed E-state index contributed by atoms with van der Waals surface area (Å²) in [4.78, 5) is 27.2. The number of hydrogen-bond donors (Lipinski definition) is 3. The number of H-pyrrole nitrogens is 1. The summed E-state index contributed by atoms with van der Waals surface area (Å²) in [5, 5.41) is 13.2. The number of carboxylic acid groups (broad SMARTS) is 1. The average Bonchev–Trinajstić information content (AvgIpc) is 2.91. The van der Waals surface area contributed by atoms with Gasteiger partial charge < -0.3 is 15.4 Å². The number of carbonyl (C=O) groups excluding carboxylic acids is 1. The minimum Gasteiger partial charge on any atom is -0.480 e. The van der Waals surface area contributed by atoms with Crippen LogP contribution in [0.15, 0.2) is 24.3 Å². The van der Waals surface area contributed by atoms with E-state index in [1.165, 1.54) is 0 Å². The summed E-state index contributed by atoms with van der Waals surface area (Å²) in [6, 6.07) is 7.67. The highest BCUT2D eigenvalue weighted by Crippen LogP contribution is 2.29. The molecule has 116 valence electrons. The molecule has 0 saturated heterocycles. The molecule has 3 rings (SSSR count). The molecule has 1 amide bonds. The van der Waals surface area contributed by atoms with E-state index in [0.29, 0.717) is 18.5 Å². The Bertz CT molecular complexity index is 727. The highest BCUT2D eigenvalue weighted by atomic mass is 16.4. The Morgan fingerprint density at radius 1 is 1.18 bits per heavy atom. The molecule has 0 radical (unpaired) electrons. The third-order valence-corrected chi connectivity index (χ3v) is 4.49. The predicted octanol–water partition coefficient (Wildman–Crippen LogP) is 2.99. The van der Waals surface area contributed by atoms with Crippen LogP contribution in [0.2, 0.25) is 0 Å². The molecule has 5 nitrogen and oxygen atoms in total.